The van der Waals surface area contributed by atoms with Crippen LogP contribution in [0.15, 0.2) is 23.1 Å². The van der Waals surface area contributed by atoms with Gasteiger partial charge in [-0.2, -0.15) is 0 Å². The quantitative estimate of drug-likeness (QED) is 0.525. The van der Waals surface area contributed by atoms with Crippen molar-refractivity contribution >= 4 is 23.4 Å². The first-order chi connectivity index (χ1) is 8.63. The lowest BCUT2D eigenvalue weighted by molar-refractivity contribution is 0.589. The van der Waals surface area contributed by atoms with Crippen LogP contribution in [0.3, 0.4) is 0 Å². The molecule has 0 saturated heterocycles. The first kappa shape index (κ1) is 15.9. The second-order valence-corrected chi connectivity index (χ2v) is 6.42. The summed E-state index contributed by atoms with van der Waals surface area (Å²) in [5.41, 5.74) is 1.18. The van der Waals surface area contributed by atoms with E-state index in [4.69, 9.17) is 11.6 Å². The van der Waals surface area contributed by atoms with Crippen molar-refractivity contribution in [1.82, 2.24) is 5.32 Å². The van der Waals surface area contributed by atoms with Gasteiger partial charge in [-0.15, -0.1) is 11.8 Å². The summed E-state index contributed by atoms with van der Waals surface area (Å²) >= 11 is 8.20. The number of hydrogen-bond acceptors (Lipinski definition) is 2. The molecular formula is C15H24ClNS. The second kappa shape index (κ2) is 8.84. The largest absolute Gasteiger partial charge is 0.310 e. The Labute approximate surface area is 121 Å². The van der Waals surface area contributed by atoms with E-state index in [0.29, 0.717) is 6.04 Å². The number of nitrogens with one attached hydrogen (secondary N) is 1. The highest BCUT2D eigenvalue weighted by molar-refractivity contribution is 7.99. The van der Waals surface area contributed by atoms with Crippen molar-refractivity contribution in [3.05, 3.63) is 28.8 Å². The third-order valence-electron chi connectivity index (χ3n) is 2.74. The molecule has 0 radical (unpaired) electrons. The number of halogens is 1. The molecule has 1 nitrogen and oxygen atoms in total. The van der Waals surface area contributed by atoms with Crippen LogP contribution in [-0.2, 0) is 6.54 Å². The Bertz CT molecular complexity index is 352. The van der Waals surface area contributed by atoms with Crippen LogP contribution in [-0.4, -0.2) is 11.8 Å². The third kappa shape index (κ3) is 6.12. The maximum absolute atomic E-state index is 6.30. The van der Waals surface area contributed by atoms with E-state index in [1.54, 1.807) is 0 Å². The lowest BCUT2D eigenvalue weighted by Gasteiger charge is -2.10. The number of unbranched alkanes of at least 4 members (excludes halogenated alkanes) is 2. The standard InChI is InChI=1S/C15H24ClNS/c1-4-5-6-9-18-14-8-7-13(15(16)10-14)11-17-12(2)3/h7-8,10,12,17H,4-6,9,11H2,1-3H3. The minimum Gasteiger partial charge on any atom is -0.310 e. The molecule has 1 N–H and O–H groups in total. The van der Waals surface area contributed by atoms with E-state index in [1.807, 2.05) is 11.8 Å². The number of rotatable bonds is 8. The van der Waals surface area contributed by atoms with Gasteiger partial charge in [0.1, 0.15) is 0 Å². The fraction of sp³-hybridized carbons (Fsp3) is 0.600. The van der Waals surface area contributed by atoms with Crippen LogP contribution < -0.4 is 5.32 Å². The molecule has 3 heteroatoms. The fourth-order valence-electron chi connectivity index (χ4n) is 1.62. The van der Waals surface area contributed by atoms with Gasteiger partial charge in [0.25, 0.3) is 0 Å². The van der Waals surface area contributed by atoms with Crippen molar-refractivity contribution < 1.29 is 0 Å². The van der Waals surface area contributed by atoms with Gasteiger partial charge in [0.15, 0.2) is 0 Å². The molecule has 102 valence electrons. The first-order valence-electron chi connectivity index (χ1n) is 6.78. The molecule has 0 aliphatic carbocycles. The van der Waals surface area contributed by atoms with Gasteiger partial charge in [-0.25, -0.2) is 0 Å². The third-order valence-corrected chi connectivity index (χ3v) is 4.17. The maximum atomic E-state index is 6.30. The summed E-state index contributed by atoms with van der Waals surface area (Å²) in [7, 11) is 0. The van der Waals surface area contributed by atoms with Gasteiger partial charge in [0.05, 0.1) is 0 Å². The molecule has 0 heterocycles. The summed E-state index contributed by atoms with van der Waals surface area (Å²) in [5, 5.41) is 4.27. The Morgan fingerprint density at radius 1 is 1.28 bits per heavy atom. The van der Waals surface area contributed by atoms with E-state index >= 15 is 0 Å². The molecule has 0 atom stereocenters. The molecule has 0 spiro atoms. The number of benzene rings is 1. The zero-order valence-corrected chi connectivity index (χ0v) is 13.2. The van der Waals surface area contributed by atoms with Crippen LogP contribution in [0.5, 0.6) is 0 Å². The lowest BCUT2D eigenvalue weighted by atomic mass is 10.2. The van der Waals surface area contributed by atoms with Crippen molar-refractivity contribution in [2.45, 2.75) is 57.5 Å². The van der Waals surface area contributed by atoms with Crippen molar-refractivity contribution in [2.75, 3.05) is 5.75 Å². The molecule has 0 fully saturated rings. The average Bonchev–Trinajstić information content (AvgIpc) is 2.33. The highest BCUT2D eigenvalue weighted by atomic mass is 35.5. The summed E-state index contributed by atoms with van der Waals surface area (Å²) in [5.74, 6) is 1.19. The highest BCUT2D eigenvalue weighted by Crippen LogP contribution is 2.25. The molecule has 1 aromatic rings. The van der Waals surface area contributed by atoms with E-state index in [1.165, 1.54) is 35.5 Å². The zero-order chi connectivity index (χ0) is 13.4. The van der Waals surface area contributed by atoms with E-state index in [-0.39, 0.29) is 0 Å². The summed E-state index contributed by atoms with van der Waals surface area (Å²) in [6.07, 6.45) is 3.88. The number of hydrogen-bond donors (Lipinski definition) is 1. The Kier molecular flexibility index (Phi) is 7.80. The molecule has 0 aliphatic heterocycles. The predicted octanol–water partition coefficient (Wildman–Crippen LogP) is 5.12. The highest BCUT2D eigenvalue weighted by Gasteiger charge is 2.03. The first-order valence-corrected chi connectivity index (χ1v) is 8.14. The Morgan fingerprint density at radius 3 is 2.67 bits per heavy atom. The molecule has 0 amide bonds. The Balaban J connectivity index is 2.46. The average molecular weight is 286 g/mol. The van der Waals surface area contributed by atoms with Crippen LogP contribution in [0.2, 0.25) is 5.02 Å². The maximum Gasteiger partial charge on any atom is 0.0462 e. The molecular weight excluding hydrogens is 262 g/mol. The van der Waals surface area contributed by atoms with E-state index in [2.05, 4.69) is 44.3 Å². The van der Waals surface area contributed by atoms with E-state index in [0.717, 1.165) is 11.6 Å². The smallest absolute Gasteiger partial charge is 0.0462 e. The fourth-order valence-corrected chi connectivity index (χ4v) is 2.88. The molecule has 18 heavy (non-hydrogen) atoms. The van der Waals surface area contributed by atoms with Crippen LogP contribution in [0.25, 0.3) is 0 Å². The van der Waals surface area contributed by atoms with Crippen LogP contribution >= 0.6 is 23.4 Å². The molecule has 0 bridgehead atoms. The predicted molar refractivity (Wildman–Crippen MR) is 83.7 cm³/mol. The monoisotopic (exact) mass is 285 g/mol. The molecule has 0 aromatic heterocycles. The van der Waals surface area contributed by atoms with Gasteiger partial charge >= 0.3 is 0 Å². The van der Waals surface area contributed by atoms with Gasteiger partial charge in [0.2, 0.25) is 0 Å². The second-order valence-electron chi connectivity index (χ2n) is 4.84. The summed E-state index contributed by atoms with van der Waals surface area (Å²) in [4.78, 5) is 1.28. The van der Waals surface area contributed by atoms with E-state index < -0.39 is 0 Å². The van der Waals surface area contributed by atoms with Crippen molar-refractivity contribution in [3.63, 3.8) is 0 Å². The summed E-state index contributed by atoms with van der Waals surface area (Å²) in [6.45, 7) is 7.37. The minimum absolute atomic E-state index is 0.490. The van der Waals surface area contributed by atoms with Crippen molar-refractivity contribution in [3.8, 4) is 0 Å². The Morgan fingerprint density at radius 2 is 2.06 bits per heavy atom. The normalized spacial score (nSPS) is 11.2. The van der Waals surface area contributed by atoms with Gasteiger partial charge < -0.3 is 5.32 Å². The van der Waals surface area contributed by atoms with Crippen molar-refractivity contribution in [1.29, 1.82) is 0 Å². The Hall–Kier alpha value is -0.180. The van der Waals surface area contributed by atoms with Gasteiger partial charge in [-0.3, -0.25) is 0 Å². The summed E-state index contributed by atoms with van der Waals surface area (Å²) < 4.78 is 0. The van der Waals surface area contributed by atoms with Crippen LogP contribution in [0.4, 0.5) is 0 Å². The van der Waals surface area contributed by atoms with Gasteiger partial charge in [-0.1, -0.05) is 51.3 Å². The minimum atomic E-state index is 0.490. The number of thioether (sulfide) groups is 1. The molecule has 0 unspecified atom stereocenters. The summed E-state index contributed by atoms with van der Waals surface area (Å²) in [6, 6.07) is 6.90. The molecule has 1 rings (SSSR count). The van der Waals surface area contributed by atoms with Crippen LogP contribution in [0.1, 0.15) is 45.6 Å². The van der Waals surface area contributed by atoms with Gasteiger partial charge in [-0.05, 0) is 29.9 Å². The SMILES string of the molecule is CCCCCSc1ccc(CNC(C)C)c(Cl)c1. The van der Waals surface area contributed by atoms with Gasteiger partial charge in [0, 0.05) is 22.5 Å². The molecule has 0 aliphatic rings. The van der Waals surface area contributed by atoms with Crippen molar-refractivity contribution in [2.24, 2.45) is 0 Å². The zero-order valence-electron chi connectivity index (χ0n) is 11.6. The molecule has 0 saturated carbocycles. The van der Waals surface area contributed by atoms with E-state index in [9.17, 15) is 0 Å². The molecule has 1 aromatic carbocycles. The lowest BCUT2D eigenvalue weighted by Crippen LogP contribution is -2.21. The topological polar surface area (TPSA) is 12.0 Å². The van der Waals surface area contributed by atoms with Crippen LogP contribution in [0, 0.1) is 0 Å².